The smallest absolute Gasteiger partial charge is 0.278 e. The molecular weight excluding hydrogens is 454 g/mol. The first-order valence-electron chi connectivity index (χ1n) is 11.2. The molecular formula is C26H24ClN3O4. The first-order chi connectivity index (χ1) is 16.5. The molecule has 3 heterocycles. The standard InChI is InChI=1S/C26H24ClN3O4/c1-2-18-10-7-15-34-25-19(11-6-12-20(25)27)22(17-8-4-3-5-9-17)30-16-28(18)26(33)23-24(32)21(31)13-14-29(23)30/h3-14,18,22,32H,2,15-16H2,1H3/b10-7+/t18-,22+/m1/s1. The number of carbonyl (C=O) groups is 1. The number of aromatic nitrogens is 1. The van der Waals surface area contributed by atoms with E-state index in [1.165, 1.54) is 12.3 Å². The number of hydrogen-bond donors (Lipinski definition) is 1. The lowest BCUT2D eigenvalue weighted by Crippen LogP contribution is -2.57. The van der Waals surface area contributed by atoms with Crippen molar-refractivity contribution in [2.75, 3.05) is 18.3 Å². The van der Waals surface area contributed by atoms with Crippen LogP contribution in [-0.2, 0) is 0 Å². The van der Waals surface area contributed by atoms with Gasteiger partial charge in [0.2, 0.25) is 5.43 Å². The van der Waals surface area contributed by atoms with E-state index in [-0.39, 0.29) is 25.0 Å². The summed E-state index contributed by atoms with van der Waals surface area (Å²) < 4.78 is 7.72. The minimum absolute atomic E-state index is 0.0599. The number of halogens is 1. The van der Waals surface area contributed by atoms with Gasteiger partial charge in [0.1, 0.15) is 25.1 Å². The van der Waals surface area contributed by atoms with Gasteiger partial charge in [0.25, 0.3) is 5.91 Å². The highest BCUT2D eigenvalue weighted by molar-refractivity contribution is 6.32. The third kappa shape index (κ3) is 3.62. The Morgan fingerprint density at radius 3 is 2.65 bits per heavy atom. The summed E-state index contributed by atoms with van der Waals surface area (Å²) in [5.41, 5.74) is 1.08. The Bertz CT molecular complexity index is 1320. The summed E-state index contributed by atoms with van der Waals surface area (Å²) in [5.74, 6) is -0.417. The number of hydrogen-bond acceptors (Lipinski definition) is 5. The molecule has 7 nitrogen and oxygen atoms in total. The number of rotatable bonds is 2. The predicted molar refractivity (Wildman–Crippen MR) is 130 cm³/mol. The number of aromatic hydroxyl groups is 1. The Labute approximate surface area is 202 Å². The first-order valence-corrected chi connectivity index (χ1v) is 11.5. The minimum atomic E-state index is -0.600. The molecule has 0 saturated heterocycles. The molecule has 0 radical (unpaired) electrons. The third-order valence-electron chi connectivity index (χ3n) is 6.30. The van der Waals surface area contributed by atoms with E-state index < -0.39 is 23.1 Å². The van der Waals surface area contributed by atoms with E-state index in [0.29, 0.717) is 17.2 Å². The van der Waals surface area contributed by atoms with Gasteiger partial charge in [-0.25, -0.2) is 0 Å². The van der Waals surface area contributed by atoms with Crippen molar-refractivity contribution in [1.29, 1.82) is 0 Å². The maximum absolute atomic E-state index is 13.6. The number of nitrogens with zero attached hydrogens (tertiary/aromatic N) is 3. The second kappa shape index (κ2) is 8.91. The fourth-order valence-electron chi connectivity index (χ4n) is 4.66. The van der Waals surface area contributed by atoms with E-state index in [0.717, 1.165) is 11.1 Å². The van der Waals surface area contributed by atoms with Crippen molar-refractivity contribution < 1.29 is 14.6 Å². The van der Waals surface area contributed by atoms with Crippen LogP contribution in [0.2, 0.25) is 5.02 Å². The van der Waals surface area contributed by atoms with Gasteiger partial charge in [0.15, 0.2) is 11.4 Å². The fourth-order valence-corrected chi connectivity index (χ4v) is 4.90. The molecule has 2 aliphatic rings. The number of carbonyl (C=O) groups excluding carboxylic acids is 1. The number of ether oxygens (including phenoxy) is 1. The number of pyridine rings is 1. The van der Waals surface area contributed by atoms with Crippen LogP contribution in [-0.4, -0.2) is 39.9 Å². The van der Waals surface area contributed by atoms with Crippen LogP contribution >= 0.6 is 11.6 Å². The molecule has 0 unspecified atom stereocenters. The van der Waals surface area contributed by atoms with Crippen molar-refractivity contribution in [3.63, 3.8) is 0 Å². The molecule has 3 aromatic rings. The molecule has 1 amide bonds. The Morgan fingerprint density at radius 2 is 1.88 bits per heavy atom. The van der Waals surface area contributed by atoms with Crippen molar-refractivity contribution >= 4 is 17.5 Å². The molecule has 8 heteroatoms. The van der Waals surface area contributed by atoms with Gasteiger partial charge in [0, 0.05) is 17.8 Å². The lowest BCUT2D eigenvalue weighted by Gasteiger charge is -2.45. The van der Waals surface area contributed by atoms with Crippen molar-refractivity contribution in [2.24, 2.45) is 0 Å². The van der Waals surface area contributed by atoms with E-state index in [1.807, 2.05) is 66.5 Å². The lowest BCUT2D eigenvalue weighted by atomic mass is 9.96. The summed E-state index contributed by atoms with van der Waals surface area (Å²) in [4.78, 5) is 27.6. The molecule has 34 heavy (non-hydrogen) atoms. The highest BCUT2D eigenvalue weighted by Gasteiger charge is 2.39. The molecule has 2 bridgehead atoms. The first kappa shape index (κ1) is 22.1. The van der Waals surface area contributed by atoms with Crippen LogP contribution in [0, 0.1) is 0 Å². The Balaban J connectivity index is 1.83. The van der Waals surface area contributed by atoms with E-state index in [2.05, 4.69) is 0 Å². The van der Waals surface area contributed by atoms with Crippen LogP contribution in [0.25, 0.3) is 0 Å². The second-order valence-corrected chi connectivity index (χ2v) is 8.67. The number of fused-ring (bicyclic) bond motifs is 5. The van der Waals surface area contributed by atoms with Crippen molar-refractivity contribution in [1.82, 2.24) is 9.58 Å². The van der Waals surface area contributed by atoms with E-state index in [4.69, 9.17) is 16.3 Å². The van der Waals surface area contributed by atoms with Crippen LogP contribution < -0.4 is 15.2 Å². The summed E-state index contributed by atoms with van der Waals surface area (Å²) in [7, 11) is 0. The predicted octanol–water partition coefficient (Wildman–Crippen LogP) is 4.08. The molecule has 2 aromatic carbocycles. The van der Waals surface area contributed by atoms with Crippen LogP contribution in [0.1, 0.15) is 41.0 Å². The topological polar surface area (TPSA) is 75.0 Å². The largest absolute Gasteiger partial charge is 0.502 e. The average Bonchev–Trinajstić information content (AvgIpc) is 2.87. The highest BCUT2D eigenvalue weighted by Crippen LogP contribution is 2.40. The summed E-state index contributed by atoms with van der Waals surface area (Å²) in [6.07, 6.45) is 5.97. The zero-order chi connectivity index (χ0) is 23.8. The monoisotopic (exact) mass is 477 g/mol. The molecule has 2 atom stereocenters. The summed E-state index contributed by atoms with van der Waals surface area (Å²) in [6, 6.07) is 16.0. The van der Waals surface area contributed by atoms with Crippen molar-refractivity contribution in [2.45, 2.75) is 25.4 Å². The van der Waals surface area contributed by atoms with Crippen molar-refractivity contribution in [3.8, 4) is 11.5 Å². The van der Waals surface area contributed by atoms with Crippen LogP contribution in [0.3, 0.4) is 0 Å². The molecule has 0 fully saturated rings. The summed E-state index contributed by atoms with van der Waals surface area (Å²) in [6.45, 7) is 2.50. The van der Waals surface area contributed by atoms with E-state index in [9.17, 15) is 14.7 Å². The number of para-hydroxylation sites is 1. The minimum Gasteiger partial charge on any atom is -0.502 e. The van der Waals surface area contributed by atoms with E-state index in [1.54, 1.807) is 15.6 Å². The Kier molecular flexibility index (Phi) is 5.79. The maximum Gasteiger partial charge on any atom is 0.278 e. The Hall–Kier alpha value is -3.71. The van der Waals surface area contributed by atoms with Gasteiger partial charge < -0.3 is 14.7 Å². The fraction of sp³-hybridized carbons (Fsp3) is 0.231. The molecule has 0 aliphatic carbocycles. The number of amides is 1. The molecule has 1 N–H and O–H groups in total. The van der Waals surface area contributed by atoms with Gasteiger partial charge in [-0.1, -0.05) is 67.1 Å². The zero-order valence-corrected chi connectivity index (χ0v) is 19.4. The van der Waals surface area contributed by atoms with Crippen molar-refractivity contribution in [3.05, 3.63) is 105 Å². The zero-order valence-electron chi connectivity index (χ0n) is 18.6. The maximum atomic E-state index is 13.6. The molecule has 1 aromatic heterocycles. The third-order valence-corrected chi connectivity index (χ3v) is 6.60. The second-order valence-electron chi connectivity index (χ2n) is 8.26. The average molecular weight is 478 g/mol. The molecule has 0 saturated carbocycles. The summed E-state index contributed by atoms with van der Waals surface area (Å²) >= 11 is 6.59. The van der Waals surface area contributed by atoms with Gasteiger partial charge in [0.05, 0.1) is 11.1 Å². The van der Waals surface area contributed by atoms with Gasteiger partial charge in [-0.15, -0.1) is 0 Å². The highest BCUT2D eigenvalue weighted by atomic mass is 35.5. The summed E-state index contributed by atoms with van der Waals surface area (Å²) in [5, 5.41) is 13.1. The molecule has 5 rings (SSSR count). The van der Waals surface area contributed by atoms with Gasteiger partial charge in [-0.05, 0) is 24.1 Å². The normalized spacial score (nSPS) is 20.6. The van der Waals surface area contributed by atoms with E-state index >= 15 is 0 Å². The van der Waals surface area contributed by atoms with Gasteiger partial charge >= 0.3 is 0 Å². The quantitative estimate of drug-likeness (QED) is 0.563. The number of benzene rings is 2. The molecule has 174 valence electrons. The van der Waals surface area contributed by atoms with Crippen LogP contribution in [0.15, 0.2) is 77.7 Å². The van der Waals surface area contributed by atoms with Gasteiger partial charge in [-0.3, -0.25) is 19.3 Å². The Morgan fingerprint density at radius 1 is 1.09 bits per heavy atom. The SMILES string of the molecule is CC[C@@H]1/C=C/COc2c(Cl)cccc2[C@H](c2ccccc2)N2CN1C(=O)c1c(O)c(=O)ccn12. The van der Waals surface area contributed by atoms with Gasteiger partial charge in [-0.2, -0.15) is 0 Å². The lowest BCUT2D eigenvalue weighted by molar-refractivity contribution is 0.0626. The van der Waals surface area contributed by atoms with Crippen LogP contribution in [0.5, 0.6) is 11.5 Å². The molecule has 0 spiro atoms. The van der Waals surface area contributed by atoms with Crippen LogP contribution in [0.4, 0.5) is 0 Å². The molecule has 2 aliphatic heterocycles.